The Morgan fingerprint density at radius 1 is 1.40 bits per heavy atom. The van der Waals surface area contributed by atoms with E-state index in [2.05, 4.69) is 20.6 Å². The Morgan fingerprint density at radius 2 is 2.15 bits per heavy atom. The Balaban J connectivity index is 1.88. The lowest BCUT2D eigenvalue weighted by molar-refractivity contribution is 0.236. The number of urea groups is 1. The molecule has 6 heteroatoms. The summed E-state index contributed by atoms with van der Waals surface area (Å²) in [6.07, 6.45) is 4.30. The lowest BCUT2D eigenvalue weighted by Gasteiger charge is -2.17. The van der Waals surface area contributed by atoms with Crippen LogP contribution in [0.5, 0.6) is 0 Å². The normalized spacial score (nSPS) is 11.9. The average molecular weight is 290 g/mol. The fourth-order valence-corrected chi connectivity index (χ4v) is 2.60. The number of rotatable bonds is 5. The summed E-state index contributed by atoms with van der Waals surface area (Å²) in [6.45, 7) is 4.49. The molecule has 106 valence electrons. The van der Waals surface area contributed by atoms with Gasteiger partial charge in [0.1, 0.15) is 0 Å². The van der Waals surface area contributed by atoms with Gasteiger partial charge in [-0.15, -0.1) is 11.3 Å². The van der Waals surface area contributed by atoms with E-state index in [0.29, 0.717) is 6.54 Å². The first-order valence-corrected chi connectivity index (χ1v) is 7.42. The van der Waals surface area contributed by atoms with Crippen molar-refractivity contribution in [3.63, 3.8) is 0 Å². The van der Waals surface area contributed by atoms with E-state index in [9.17, 15) is 4.79 Å². The van der Waals surface area contributed by atoms with E-state index in [1.807, 2.05) is 26.0 Å². The molecule has 2 rings (SSSR count). The van der Waals surface area contributed by atoms with Crippen LogP contribution in [-0.4, -0.2) is 16.0 Å². The van der Waals surface area contributed by atoms with Gasteiger partial charge in [-0.3, -0.25) is 4.98 Å². The third-order valence-electron chi connectivity index (χ3n) is 3.08. The summed E-state index contributed by atoms with van der Waals surface area (Å²) in [5.74, 6) is 0. The number of carbonyl (C=O) groups excluding carboxylic acids is 1. The molecule has 1 atom stereocenters. The molecule has 0 aliphatic rings. The molecular formula is C14H18N4OS. The summed E-state index contributed by atoms with van der Waals surface area (Å²) in [6, 6.07) is 3.67. The van der Waals surface area contributed by atoms with Crippen LogP contribution in [0.3, 0.4) is 0 Å². The van der Waals surface area contributed by atoms with Crippen LogP contribution in [0.2, 0.25) is 0 Å². The van der Waals surface area contributed by atoms with Gasteiger partial charge in [-0.2, -0.15) is 0 Å². The molecule has 0 radical (unpaired) electrons. The molecule has 20 heavy (non-hydrogen) atoms. The summed E-state index contributed by atoms with van der Waals surface area (Å²) >= 11 is 1.55. The maximum Gasteiger partial charge on any atom is 0.315 e. The van der Waals surface area contributed by atoms with Crippen molar-refractivity contribution >= 4 is 17.4 Å². The first-order valence-electron chi connectivity index (χ1n) is 6.54. The van der Waals surface area contributed by atoms with E-state index in [-0.39, 0.29) is 12.1 Å². The van der Waals surface area contributed by atoms with E-state index in [1.54, 1.807) is 29.2 Å². The highest BCUT2D eigenvalue weighted by atomic mass is 32.1. The summed E-state index contributed by atoms with van der Waals surface area (Å²) in [4.78, 5) is 21.2. The second-order valence-corrected chi connectivity index (χ2v) is 5.37. The fraction of sp³-hybridized carbons (Fsp3) is 0.357. The maximum absolute atomic E-state index is 11.9. The molecule has 0 aromatic carbocycles. The lowest BCUT2D eigenvalue weighted by atomic mass is 10.1. The van der Waals surface area contributed by atoms with Crippen molar-refractivity contribution in [3.8, 4) is 0 Å². The fourth-order valence-electron chi connectivity index (χ4n) is 1.88. The molecule has 2 N–H and O–H groups in total. The standard InChI is InChI=1S/C14H18N4OS/c1-3-12(11-4-6-15-7-5-11)18-14(19)16-8-13-10(2)17-9-20-13/h4-7,9,12H,3,8H2,1-2H3,(H2,16,18,19). The smallest absolute Gasteiger partial charge is 0.315 e. The van der Waals surface area contributed by atoms with Gasteiger partial charge < -0.3 is 10.6 Å². The zero-order valence-corrected chi connectivity index (χ0v) is 12.4. The Kier molecular flexibility index (Phi) is 5.06. The molecule has 0 bridgehead atoms. The second kappa shape index (κ2) is 7.00. The van der Waals surface area contributed by atoms with E-state index >= 15 is 0 Å². The van der Waals surface area contributed by atoms with Crippen LogP contribution in [-0.2, 0) is 6.54 Å². The number of aryl methyl sites for hydroxylation is 1. The van der Waals surface area contributed by atoms with Crippen LogP contribution in [0.25, 0.3) is 0 Å². The number of carbonyl (C=O) groups is 1. The van der Waals surface area contributed by atoms with Gasteiger partial charge >= 0.3 is 6.03 Å². The van der Waals surface area contributed by atoms with Gasteiger partial charge in [0.2, 0.25) is 0 Å². The average Bonchev–Trinajstić information content (AvgIpc) is 2.89. The Labute approximate surface area is 122 Å². The van der Waals surface area contributed by atoms with Crippen LogP contribution >= 0.6 is 11.3 Å². The van der Waals surface area contributed by atoms with Crippen molar-refractivity contribution in [3.05, 3.63) is 46.2 Å². The quantitative estimate of drug-likeness (QED) is 0.889. The molecule has 2 aromatic rings. The van der Waals surface area contributed by atoms with Gasteiger partial charge in [0.15, 0.2) is 0 Å². The van der Waals surface area contributed by atoms with Crippen LogP contribution in [0.15, 0.2) is 30.0 Å². The number of hydrogen-bond acceptors (Lipinski definition) is 4. The number of amides is 2. The summed E-state index contributed by atoms with van der Waals surface area (Å²) in [5, 5.41) is 5.84. The van der Waals surface area contributed by atoms with E-state index in [1.165, 1.54) is 0 Å². The first-order chi connectivity index (χ1) is 9.70. The zero-order chi connectivity index (χ0) is 14.4. The Bertz CT molecular complexity index is 555. The Morgan fingerprint density at radius 3 is 2.75 bits per heavy atom. The molecular weight excluding hydrogens is 272 g/mol. The molecule has 2 aromatic heterocycles. The summed E-state index contributed by atoms with van der Waals surface area (Å²) in [5.41, 5.74) is 3.82. The van der Waals surface area contributed by atoms with Gasteiger partial charge in [0.05, 0.1) is 23.8 Å². The third-order valence-corrected chi connectivity index (χ3v) is 4.01. The molecule has 5 nitrogen and oxygen atoms in total. The third kappa shape index (κ3) is 3.77. The minimum absolute atomic E-state index is 0.000516. The number of pyridine rings is 1. The highest BCUT2D eigenvalue weighted by Gasteiger charge is 2.12. The SMILES string of the molecule is CCC(NC(=O)NCc1scnc1C)c1ccncc1. The Hall–Kier alpha value is -1.95. The molecule has 0 spiro atoms. The minimum atomic E-state index is -0.165. The van der Waals surface area contributed by atoms with Crippen LogP contribution in [0.1, 0.15) is 35.5 Å². The van der Waals surface area contributed by atoms with Crippen molar-refractivity contribution in [2.24, 2.45) is 0 Å². The monoisotopic (exact) mass is 290 g/mol. The minimum Gasteiger partial charge on any atom is -0.333 e. The number of nitrogens with zero attached hydrogens (tertiary/aromatic N) is 2. The largest absolute Gasteiger partial charge is 0.333 e. The summed E-state index contributed by atoms with van der Waals surface area (Å²) in [7, 11) is 0. The zero-order valence-electron chi connectivity index (χ0n) is 11.6. The topological polar surface area (TPSA) is 66.9 Å². The van der Waals surface area contributed by atoms with Gasteiger partial charge in [0, 0.05) is 17.3 Å². The van der Waals surface area contributed by atoms with Gasteiger partial charge in [-0.25, -0.2) is 9.78 Å². The van der Waals surface area contributed by atoms with Crippen LogP contribution < -0.4 is 10.6 Å². The van der Waals surface area contributed by atoms with Crippen molar-refractivity contribution < 1.29 is 4.79 Å². The van der Waals surface area contributed by atoms with Gasteiger partial charge in [0.25, 0.3) is 0 Å². The number of aromatic nitrogens is 2. The predicted molar refractivity (Wildman–Crippen MR) is 79.5 cm³/mol. The second-order valence-electron chi connectivity index (χ2n) is 4.43. The van der Waals surface area contributed by atoms with Crippen molar-refractivity contribution in [2.45, 2.75) is 32.9 Å². The first kappa shape index (κ1) is 14.5. The molecule has 0 aliphatic carbocycles. The van der Waals surface area contributed by atoms with Crippen molar-refractivity contribution in [2.75, 3.05) is 0 Å². The number of nitrogens with one attached hydrogen (secondary N) is 2. The van der Waals surface area contributed by atoms with Crippen LogP contribution in [0, 0.1) is 6.92 Å². The van der Waals surface area contributed by atoms with Crippen molar-refractivity contribution in [1.29, 1.82) is 0 Å². The number of hydrogen-bond donors (Lipinski definition) is 2. The maximum atomic E-state index is 11.9. The molecule has 0 fully saturated rings. The van der Waals surface area contributed by atoms with E-state index < -0.39 is 0 Å². The molecule has 0 aliphatic heterocycles. The molecule has 2 heterocycles. The number of thiazole rings is 1. The van der Waals surface area contributed by atoms with E-state index in [4.69, 9.17) is 0 Å². The van der Waals surface area contributed by atoms with Gasteiger partial charge in [-0.05, 0) is 31.0 Å². The molecule has 0 saturated heterocycles. The molecule has 2 amide bonds. The summed E-state index contributed by atoms with van der Waals surface area (Å²) < 4.78 is 0. The predicted octanol–water partition coefficient (Wildman–Crippen LogP) is 2.80. The van der Waals surface area contributed by atoms with Crippen molar-refractivity contribution in [1.82, 2.24) is 20.6 Å². The highest BCUT2D eigenvalue weighted by molar-refractivity contribution is 7.09. The lowest BCUT2D eigenvalue weighted by Crippen LogP contribution is -2.37. The molecule has 1 unspecified atom stereocenters. The van der Waals surface area contributed by atoms with Crippen LogP contribution in [0.4, 0.5) is 4.79 Å². The highest BCUT2D eigenvalue weighted by Crippen LogP contribution is 2.15. The van der Waals surface area contributed by atoms with Gasteiger partial charge in [-0.1, -0.05) is 6.92 Å². The molecule has 0 saturated carbocycles. The van der Waals surface area contributed by atoms with E-state index in [0.717, 1.165) is 22.6 Å².